The Hall–Kier alpha value is -6.39. The molecule has 0 amide bonds. The van der Waals surface area contributed by atoms with Gasteiger partial charge in [-0.15, -0.1) is 0 Å². The van der Waals surface area contributed by atoms with Crippen molar-refractivity contribution in [2.24, 2.45) is 0 Å². The molecule has 3 aromatic heterocycles. The smallest absolute Gasteiger partial charge is 0.145 e. The quantitative estimate of drug-likeness (QED) is 0.201. The first-order valence-electron chi connectivity index (χ1n) is 15.9. The van der Waals surface area contributed by atoms with Gasteiger partial charge in [0, 0.05) is 38.5 Å². The van der Waals surface area contributed by atoms with E-state index in [1.807, 2.05) is 24.3 Å². The third-order valence-electron chi connectivity index (χ3n) is 9.34. The summed E-state index contributed by atoms with van der Waals surface area (Å²) in [6.07, 6.45) is 0. The fourth-order valence-electron chi connectivity index (χ4n) is 7.16. The van der Waals surface area contributed by atoms with Crippen molar-refractivity contribution in [3.05, 3.63) is 164 Å². The Morgan fingerprint density at radius 1 is 0.383 bits per heavy atom. The van der Waals surface area contributed by atoms with Gasteiger partial charge in [0.1, 0.15) is 17.0 Å². The summed E-state index contributed by atoms with van der Waals surface area (Å²) < 4.78 is 10.7. The van der Waals surface area contributed by atoms with Crippen LogP contribution in [0.1, 0.15) is 0 Å². The third-order valence-corrected chi connectivity index (χ3v) is 9.34. The van der Waals surface area contributed by atoms with Crippen LogP contribution >= 0.6 is 0 Å². The second-order valence-electron chi connectivity index (χ2n) is 12.0. The predicted molar refractivity (Wildman–Crippen MR) is 194 cm³/mol. The van der Waals surface area contributed by atoms with Gasteiger partial charge in [-0.05, 0) is 83.9 Å². The van der Waals surface area contributed by atoms with Gasteiger partial charge in [-0.2, -0.15) is 0 Å². The maximum atomic E-state index is 6.10. The zero-order chi connectivity index (χ0) is 30.9. The van der Waals surface area contributed by atoms with E-state index in [1.165, 1.54) is 32.9 Å². The lowest BCUT2D eigenvalue weighted by Gasteiger charge is -2.12. The van der Waals surface area contributed by atoms with Crippen molar-refractivity contribution in [3.63, 3.8) is 0 Å². The summed E-state index contributed by atoms with van der Waals surface area (Å²) in [5, 5.41) is 4.74. The predicted octanol–water partition coefficient (Wildman–Crippen LogP) is 11.4. The van der Waals surface area contributed by atoms with Crippen LogP contribution in [0.4, 0.5) is 0 Å². The van der Waals surface area contributed by atoms with Crippen LogP contribution in [0.25, 0.3) is 88.7 Å². The maximum absolute atomic E-state index is 6.10. The second kappa shape index (κ2) is 10.1. The summed E-state index contributed by atoms with van der Waals surface area (Å²) in [6, 6.07) is 57.8. The molecule has 0 saturated carbocycles. The first kappa shape index (κ1) is 25.9. The topological polar surface area (TPSA) is 35.9 Å². The highest BCUT2D eigenvalue weighted by Crippen LogP contribution is 2.37. The monoisotopic (exact) mass is 601 g/mol. The minimum atomic E-state index is 0.913. The minimum Gasteiger partial charge on any atom is -0.456 e. The third kappa shape index (κ3) is 3.98. The van der Waals surface area contributed by atoms with E-state index in [0.717, 1.165) is 55.7 Å². The molecule has 220 valence electrons. The van der Waals surface area contributed by atoms with Crippen LogP contribution in [0.5, 0.6) is 0 Å². The van der Waals surface area contributed by atoms with Gasteiger partial charge in [0.25, 0.3) is 0 Å². The van der Waals surface area contributed by atoms with E-state index in [4.69, 9.17) is 9.40 Å². The second-order valence-corrected chi connectivity index (χ2v) is 12.0. The molecule has 0 aliphatic heterocycles. The summed E-state index contributed by atoms with van der Waals surface area (Å²) in [6.45, 7) is 0. The molecule has 0 bridgehead atoms. The van der Waals surface area contributed by atoms with Gasteiger partial charge in [0.15, 0.2) is 0 Å². The van der Waals surface area contributed by atoms with Crippen LogP contribution in [0.2, 0.25) is 0 Å². The molecule has 0 aliphatic carbocycles. The van der Waals surface area contributed by atoms with Crippen molar-refractivity contribution in [1.29, 1.82) is 0 Å². The average molecular weight is 602 g/mol. The first-order valence-corrected chi connectivity index (χ1v) is 15.9. The number of nitrogens with zero attached hydrogens (tertiary/aromatic N) is 3. The van der Waals surface area contributed by atoms with E-state index < -0.39 is 0 Å². The van der Waals surface area contributed by atoms with Gasteiger partial charge in [0.05, 0.1) is 22.1 Å². The molecule has 0 radical (unpaired) electrons. The summed E-state index contributed by atoms with van der Waals surface area (Å²) in [4.78, 5) is 5.03. The number of imidazole rings is 1. The maximum Gasteiger partial charge on any atom is 0.145 e. The Morgan fingerprint density at radius 2 is 0.979 bits per heavy atom. The van der Waals surface area contributed by atoms with E-state index in [1.54, 1.807) is 0 Å². The van der Waals surface area contributed by atoms with Crippen molar-refractivity contribution in [1.82, 2.24) is 14.1 Å². The van der Waals surface area contributed by atoms with E-state index in [9.17, 15) is 0 Å². The van der Waals surface area contributed by atoms with Crippen molar-refractivity contribution in [2.75, 3.05) is 0 Å². The molecule has 10 aromatic rings. The van der Waals surface area contributed by atoms with E-state index >= 15 is 0 Å². The van der Waals surface area contributed by atoms with Gasteiger partial charge in [-0.25, -0.2) is 4.98 Å². The largest absolute Gasteiger partial charge is 0.456 e. The van der Waals surface area contributed by atoms with Crippen LogP contribution in [0.3, 0.4) is 0 Å². The molecule has 3 heterocycles. The number of para-hydroxylation sites is 4. The number of benzene rings is 7. The molecule has 0 atom stereocenters. The molecule has 0 unspecified atom stereocenters. The number of furan rings is 1. The number of hydrogen-bond donors (Lipinski definition) is 0. The van der Waals surface area contributed by atoms with Crippen molar-refractivity contribution >= 4 is 54.8 Å². The Balaban J connectivity index is 1.11. The Bertz CT molecular complexity index is 2780. The van der Waals surface area contributed by atoms with Crippen LogP contribution in [-0.4, -0.2) is 14.1 Å². The molecular weight excluding hydrogens is 574 g/mol. The van der Waals surface area contributed by atoms with Gasteiger partial charge in [0.2, 0.25) is 0 Å². The Labute approximate surface area is 270 Å². The molecule has 0 aliphatic rings. The minimum absolute atomic E-state index is 0.913. The number of rotatable bonds is 4. The first-order chi connectivity index (χ1) is 23.3. The summed E-state index contributed by atoms with van der Waals surface area (Å²) in [7, 11) is 0. The normalized spacial score (nSPS) is 11.8. The SMILES string of the molecule is c1ccc(-c2nc3ccccc3n2-c2ccc(-n3c4ccccc4c4cc(-c5ccc6oc7ccccc7c6c5)ccc43)cc2)cc1. The fraction of sp³-hybridized carbons (Fsp3) is 0. The summed E-state index contributed by atoms with van der Waals surface area (Å²) in [5.74, 6) is 0.936. The van der Waals surface area contributed by atoms with Crippen molar-refractivity contribution in [2.45, 2.75) is 0 Å². The van der Waals surface area contributed by atoms with Crippen LogP contribution < -0.4 is 0 Å². The lowest BCUT2D eigenvalue weighted by molar-refractivity contribution is 0.669. The summed E-state index contributed by atoms with van der Waals surface area (Å²) in [5.41, 5.74) is 11.9. The highest BCUT2D eigenvalue weighted by atomic mass is 16.3. The molecule has 47 heavy (non-hydrogen) atoms. The molecule has 0 saturated heterocycles. The Morgan fingerprint density at radius 3 is 1.81 bits per heavy atom. The lowest BCUT2D eigenvalue weighted by Crippen LogP contribution is -1.99. The highest BCUT2D eigenvalue weighted by molar-refractivity contribution is 6.11. The molecule has 4 heteroatoms. The van der Waals surface area contributed by atoms with Gasteiger partial charge >= 0.3 is 0 Å². The average Bonchev–Trinajstić information content (AvgIpc) is 3.81. The molecule has 0 N–H and O–H groups in total. The molecule has 4 nitrogen and oxygen atoms in total. The highest BCUT2D eigenvalue weighted by Gasteiger charge is 2.17. The molecule has 7 aromatic carbocycles. The van der Waals surface area contributed by atoms with Crippen molar-refractivity contribution < 1.29 is 4.42 Å². The molecule has 10 rings (SSSR count). The number of aromatic nitrogens is 3. The zero-order valence-corrected chi connectivity index (χ0v) is 25.3. The van der Waals surface area contributed by atoms with Gasteiger partial charge in [-0.3, -0.25) is 4.57 Å². The Kier molecular flexibility index (Phi) is 5.54. The lowest BCUT2D eigenvalue weighted by atomic mass is 10.0. The van der Waals surface area contributed by atoms with Gasteiger partial charge in [-0.1, -0.05) is 91.0 Å². The van der Waals surface area contributed by atoms with E-state index in [-0.39, 0.29) is 0 Å². The van der Waals surface area contributed by atoms with Crippen LogP contribution in [0, 0.1) is 0 Å². The van der Waals surface area contributed by atoms with Gasteiger partial charge < -0.3 is 8.98 Å². The van der Waals surface area contributed by atoms with E-state index in [2.05, 4.69) is 149 Å². The zero-order valence-electron chi connectivity index (χ0n) is 25.3. The number of fused-ring (bicyclic) bond motifs is 7. The fourth-order valence-corrected chi connectivity index (χ4v) is 7.16. The van der Waals surface area contributed by atoms with Crippen LogP contribution in [-0.2, 0) is 0 Å². The number of hydrogen-bond acceptors (Lipinski definition) is 2. The summed E-state index contributed by atoms with van der Waals surface area (Å²) >= 11 is 0. The molecule has 0 fully saturated rings. The molecular formula is C43H27N3O. The standard InChI is InChI=1S/C43H27N3O/c1-2-10-28(11-3-1)43-44-37-14-6-8-16-40(37)46(43)32-22-20-31(21-23-32)45-38-15-7-4-12-33(38)35-26-29(18-24-39(35)45)30-19-25-42-36(27-30)34-13-5-9-17-41(34)47-42/h1-27H. The molecule has 0 spiro atoms. The van der Waals surface area contributed by atoms with Crippen LogP contribution in [0.15, 0.2) is 168 Å². The van der Waals surface area contributed by atoms with Crippen molar-refractivity contribution in [3.8, 4) is 33.9 Å². The van der Waals surface area contributed by atoms with E-state index in [0.29, 0.717) is 0 Å².